The molecule has 0 saturated carbocycles. The second-order valence-corrected chi connectivity index (χ2v) is 4.48. The van der Waals surface area contributed by atoms with Crippen LogP contribution in [0.5, 0.6) is 5.75 Å². The average Bonchev–Trinajstić information content (AvgIpc) is 2.54. The normalized spacial score (nSPS) is 9.95. The molecule has 0 spiro atoms. The highest BCUT2D eigenvalue weighted by Gasteiger charge is 2.08. The molecule has 4 heteroatoms. The van der Waals surface area contributed by atoms with Gasteiger partial charge in [-0.2, -0.15) is 0 Å². The van der Waals surface area contributed by atoms with Gasteiger partial charge in [-0.15, -0.1) is 0 Å². The third-order valence-electron chi connectivity index (χ3n) is 2.97. The fourth-order valence-corrected chi connectivity index (χ4v) is 1.85. The number of aryl methyl sites for hydroxylation is 1. The van der Waals surface area contributed by atoms with Crippen molar-refractivity contribution >= 4 is 11.9 Å². The van der Waals surface area contributed by atoms with Gasteiger partial charge in [0.15, 0.2) is 0 Å². The lowest BCUT2D eigenvalue weighted by molar-refractivity contribution is -0.134. The van der Waals surface area contributed by atoms with Crippen molar-refractivity contribution < 1.29 is 19.1 Å². The first-order valence-electron chi connectivity index (χ1n) is 6.62. The maximum absolute atomic E-state index is 11.7. The topological polar surface area (TPSA) is 52.6 Å². The van der Waals surface area contributed by atoms with Crippen LogP contribution in [0.3, 0.4) is 0 Å². The molecule has 108 valence electrons. The summed E-state index contributed by atoms with van der Waals surface area (Å²) in [6, 6.07) is 16.0. The molecular weight excluding hydrogens is 268 g/mol. The van der Waals surface area contributed by atoms with Crippen molar-refractivity contribution in [2.24, 2.45) is 0 Å². The molecule has 2 aromatic rings. The Morgan fingerprint density at radius 2 is 1.62 bits per heavy atom. The number of hydrogen-bond acceptors (Lipinski definition) is 4. The van der Waals surface area contributed by atoms with E-state index >= 15 is 0 Å². The first kappa shape index (κ1) is 14.8. The number of methoxy groups -OCH3 is 1. The summed E-state index contributed by atoms with van der Waals surface area (Å²) in [4.78, 5) is 23.0. The third kappa shape index (κ3) is 4.45. The molecule has 0 unspecified atom stereocenters. The minimum atomic E-state index is -0.419. The number of carbonyl (C=O) groups excluding carboxylic acids is 2. The van der Waals surface area contributed by atoms with Crippen LogP contribution >= 0.6 is 0 Å². The SMILES string of the molecule is COC(=O)c1ccc(OC(=O)CCc2ccccc2)cc1. The van der Waals surface area contributed by atoms with Crippen LogP contribution in [-0.2, 0) is 16.0 Å². The molecule has 0 N–H and O–H groups in total. The Labute approximate surface area is 123 Å². The zero-order valence-corrected chi connectivity index (χ0v) is 11.7. The van der Waals surface area contributed by atoms with Gasteiger partial charge in [-0.1, -0.05) is 30.3 Å². The molecule has 0 aromatic heterocycles. The van der Waals surface area contributed by atoms with Gasteiger partial charge in [0.05, 0.1) is 12.7 Å². The van der Waals surface area contributed by atoms with Gasteiger partial charge >= 0.3 is 11.9 Å². The van der Waals surface area contributed by atoms with Crippen LogP contribution in [0.4, 0.5) is 0 Å². The van der Waals surface area contributed by atoms with Crippen LogP contribution in [-0.4, -0.2) is 19.0 Å². The Kier molecular flexibility index (Phi) is 5.10. The zero-order valence-electron chi connectivity index (χ0n) is 11.7. The molecule has 0 heterocycles. The van der Waals surface area contributed by atoms with Gasteiger partial charge in [-0.3, -0.25) is 4.79 Å². The lowest BCUT2D eigenvalue weighted by Gasteiger charge is -2.05. The highest BCUT2D eigenvalue weighted by Crippen LogP contribution is 2.14. The highest BCUT2D eigenvalue weighted by atomic mass is 16.5. The van der Waals surface area contributed by atoms with E-state index in [0.29, 0.717) is 24.2 Å². The summed E-state index contributed by atoms with van der Waals surface area (Å²) in [5.74, 6) is -0.303. The number of rotatable bonds is 5. The number of ether oxygens (including phenoxy) is 2. The molecule has 2 aromatic carbocycles. The van der Waals surface area contributed by atoms with Crippen LogP contribution < -0.4 is 4.74 Å². The molecular formula is C17H16O4. The lowest BCUT2D eigenvalue weighted by atomic mass is 10.1. The van der Waals surface area contributed by atoms with Gasteiger partial charge in [-0.05, 0) is 36.2 Å². The lowest BCUT2D eigenvalue weighted by Crippen LogP contribution is -2.09. The Morgan fingerprint density at radius 1 is 0.952 bits per heavy atom. The van der Waals surface area contributed by atoms with Crippen molar-refractivity contribution in [1.82, 2.24) is 0 Å². The van der Waals surface area contributed by atoms with Gasteiger partial charge in [0.1, 0.15) is 5.75 Å². The zero-order chi connectivity index (χ0) is 15.1. The van der Waals surface area contributed by atoms with Crippen molar-refractivity contribution in [3.63, 3.8) is 0 Å². The minimum Gasteiger partial charge on any atom is -0.465 e. The van der Waals surface area contributed by atoms with E-state index in [1.54, 1.807) is 24.3 Å². The van der Waals surface area contributed by atoms with Gasteiger partial charge in [-0.25, -0.2) is 4.79 Å². The fourth-order valence-electron chi connectivity index (χ4n) is 1.85. The van der Waals surface area contributed by atoms with Gasteiger partial charge in [0.25, 0.3) is 0 Å². The smallest absolute Gasteiger partial charge is 0.337 e. The number of carbonyl (C=O) groups is 2. The molecule has 0 saturated heterocycles. The molecule has 0 aliphatic carbocycles. The molecule has 21 heavy (non-hydrogen) atoms. The predicted octanol–water partition coefficient (Wildman–Crippen LogP) is 3.01. The Bertz CT molecular complexity index is 602. The Balaban J connectivity index is 1.86. The van der Waals surface area contributed by atoms with E-state index in [2.05, 4.69) is 4.74 Å². The molecule has 0 bridgehead atoms. The molecule has 4 nitrogen and oxygen atoms in total. The largest absolute Gasteiger partial charge is 0.465 e. The summed E-state index contributed by atoms with van der Waals surface area (Å²) >= 11 is 0. The number of esters is 2. The van der Waals surface area contributed by atoms with Crippen molar-refractivity contribution in [2.45, 2.75) is 12.8 Å². The maximum Gasteiger partial charge on any atom is 0.337 e. The molecule has 0 amide bonds. The summed E-state index contributed by atoms with van der Waals surface area (Å²) in [5.41, 5.74) is 1.51. The second kappa shape index (κ2) is 7.24. The van der Waals surface area contributed by atoms with Crippen LogP contribution in [0, 0.1) is 0 Å². The second-order valence-electron chi connectivity index (χ2n) is 4.48. The minimum absolute atomic E-state index is 0.301. The maximum atomic E-state index is 11.7. The first-order chi connectivity index (χ1) is 10.2. The van der Waals surface area contributed by atoms with E-state index < -0.39 is 5.97 Å². The van der Waals surface area contributed by atoms with Crippen LogP contribution in [0.2, 0.25) is 0 Å². The summed E-state index contributed by atoms with van der Waals surface area (Å²) in [5, 5.41) is 0. The number of benzene rings is 2. The van der Waals surface area contributed by atoms with E-state index in [-0.39, 0.29) is 5.97 Å². The highest BCUT2D eigenvalue weighted by molar-refractivity contribution is 5.89. The molecule has 0 atom stereocenters. The van der Waals surface area contributed by atoms with E-state index in [4.69, 9.17) is 4.74 Å². The average molecular weight is 284 g/mol. The monoisotopic (exact) mass is 284 g/mol. The summed E-state index contributed by atoms with van der Waals surface area (Å²) in [6.45, 7) is 0. The standard InChI is InChI=1S/C17H16O4/c1-20-17(19)14-8-10-15(11-9-14)21-16(18)12-7-13-5-3-2-4-6-13/h2-6,8-11H,7,12H2,1H3. The van der Waals surface area contributed by atoms with Crippen molar-refractivity contribution in [1.29, 1.82) is 0 Å². The molecule has 0 radical (unpaired) electrons. The van der Waals surface area contributed by atoms with Crippen molar-refractivity contribution in [3.8, 4) is 5.75 Å². The van der Waals surface area contributed by atoms with E-state index in [0.717, 1.165) is 5.56 Å². The summed E-state index contributed by atoms with van der Waals surface area (Å²) in [7, 11) is 1.32. The van der Waals surface area contributed by atoms with Gasteiger partial charge < -0.3 is 9.47 Å². The Hall–Kier alpha value is -2.62. The summed E-state index contributed by atoms with van der Waals surface area (Å²) < 4.78 is 9.81. The van der Waals surface area contributed by atoms with Crippen molar-refractivity contribution in [3.05, 3.63) is 65.7 Å². The van der Waals surface area contributed by atoms with Gasteiger partial charge in [0, 0.05) is 6.42 Å². The van der Waals surface area contributed by atoms with Crippen LogP contribution in [0.15, 0.2) is 54.6 Å². The quantitative estimate of drug-likeness (QED) is 0.625. The fraction of sp³-hybridized carbons (Fsp3) is 0.176. The first-order valence-corrected chi connectivity index (χ1v) is 6.62. The van der Waals surface area contributed by atoms with E-state index in [9.17, 15) is 9.59 Å². The number of hydrogen-bond donors (Lipinski definition) is 0. The van der Waals surface area contributed by atoms with Gasteiger partial charge in [0.2, 0.25) is 0 Å². The van der Waals surface area contributed by atoms with E-state index in [1.807, 2.05) is 30.3 Å². The predicted molar refractivity (Wildman–Crippen MR) is 78.2 cm³/mol. The summed E-state index contributed by atoms with van der Waals surface area (Å²) in [6.07, 6.45) is 0.947. The third-order valence-corrected chi connectivity index (χ3v) is 2.97. The van der Waals surface area contributed by atoms with Crippen molar-refractivity contribution in [2.75, 3.05) is 7.11 Å². The Morgan fingerprint density at radius 3 is 2.24 bits per heavy atom. The molecule has 2 rings (SSSR count). The van der Waals surface area contributed by atoms with Crippen LogP contribution in [0.1, 0.15) is 22.3 Å². The molecule has 0 aliphatic rings. The molecule has 0 fully saturated rings. The molecule has 0 aliphatic heterocycles. The van der Waals surface area contributed by atoms with E-state index in [1.165, 1.54) is 7.11 Å². The van der Waals surface area contributed by atoms with Crippen LogP contribution in [0.25, 0.3) is 0 Å².